The van der Waals surface area contributed by atoms with Crippen LogP contribution >= 0.6 is 11.3 Å². The molecule has 1 atom stereocenters. The second kappa shape index (κ2) is 8.35. The van der Waals surface area contributed by atoms with E-state index < -0.39 is 0 Å². The van der Waals surface area contributed by atoms with Gasteiger partial charge in [0.15, 0.2) is 0 Å². The van der Waals surface area contributed by atoms with Crippen LogP contribution in [0.3, 0.4) is 0 Å². The Labute approximate surface area is 133 Å². The Balaban J connectivity index is 1.87. The van der Waals surface area contributed by atoms with Crippen molar-refractivity contribution >= 4 is 11.3 Å². The Hall–Kier alpha value is -1.12. The highest BCUT2D eigenvalue weighted by Gasteiger charge is 2.09. The van der Waals surface area contributed by atoms with Gasteiger partial charge in [-0.25, -0.2) is 0 Å². The molecule has 0 radical (unpaired) electrons. The summed E-state index contributed by atoms with van der Waals surface area (Å²) in [6.45, 7) is 7.64. The minimum atomic E-state index is 0.595. The highest BCUT2D eigenvalue weighted by molar-refractivity contribution is 7.09. The largest absolute Gasteiger partial charge is 0.314 e. The molecule has 1 unspecified atom stereocenters. The van der Waals surface area contributed by atoms with Crippen molar-refractivity contribution in [2.75, 3.05) is 6.54 Å². The van der Waals surface area contributed by atoms with E-state index in [0.717, 1.165) is 13.0 Å². The molecule has 0 bridgehead atoms. The van der Waals surface area contributed by atoms with Crippen LogP contribution in [0.25, 0.3) is 0 Å². The van der Waals surface area contributed by atoms with Crippen molar-refractivity contribution in [3.05, 3.63) is 57.3 Å². The highest BCUT2D eigenvalue weighted by atomic mass is 32.1. The summed E-state index contributed by atoms with van der Waals surface area (Å²) in [6.07, 6.45) is 4.87. The predicted octanol–water partition coefficient (Wildman–Crippen LogP) is 4.91. The Kier molecular flexibility index (Phi) is 6.47. The van der Waals surface area contributed by atoms with Gasteiger partial charge in [-0.2, -0.15) is 0 Å². The fraction of sp³-hybridized carbons (Fsp3) is 0.474. The smallest absolute Gasteiger partial charge is 0.0107 e. The molecule has 1 heterocycles. The highest BCUT2D eigenvalue weighted by Crippen LogP contribution is 2.16. The van der Waals surface area contributed by atoms with Crippen molar-refractivity contribution < 1.29 is 0 Å². The second-order valence-corrected chi connectivity index (χ2v) is 6.88. The van der Waals surface area contributed by atoms with Gasteiger partial charge < -0.3 is 5.32 Å². The number of benzene rings is 1. The molecule has 0 amide bonds. The van der Waals surface area contributed by atoms with Crippen molar-refractivity contribution in [1.29, 1.82) is 0 Å². The molecule has 0 fully saturated rings. The molecule has 2 rings (SSSR count). The van der Waals surface area contributed by atoms with Gasteiger partial charge in [-0.1, -0.05) is 31.2 Å². The average molecular weight is 301 g/mol. The third-order valence-electron chi connectivity index (χ3n) is 4.10. The molecule has 1 aromatic heterocycles. The number of hydrogen-bond donors (Lipinski definition) is 1. The van der Waals surface area contributed by atoms with Gasteiger partial charge in [-0.15, -0.1) is 11.3 Å². The third kappa shape index (κ3) is 5.29. The zero-order chi connectivity index (χ0) is 15.1. The standard InChI is InChI=1S/C19H27NS/c1-4-20-18(7-5-8-19-9-6-12-21-19)14-17-11-10-15(2)16(3)13-17/h6,9-13,18,20H,4-5,7-8,14H2,1-3H3. The zero-order valence-corrected chi connectivity index (χ0v) is 14.3. The van der Waals surface area contributed by atoms with Gasteiger partial charge >= 0.3 is 0 Å². The summed E-state index contributed by atoms with van der Waals surface area (Å²) in [5, 5.41) is 5.82. The van der Waals surface area contributed by atoms with E-state index in [4.69, 9.17) is 0 Å². The van der Waals surface area contributed by atoms with E-state index in [1.807, 2.05) is 11.3 Å². The Morgan fingerprint density at radius 1 is 1.14 bits per heavy atom. The van der Waals surface area contributed by atoms with E-state index in [1.165, 1.54) is 40.8 Å². The molecular weight excluding hydrogens is 274 g/mol. The Morgan fingerprint density at radius 2 is 2.00 bits per heavy atom. The van der Waals surface area contributed by atoms with Crippen molar-refractivity contribution in [2.45, 2.75) is 52.5 Å². The molecule has 21 heavy (non-hydrogen) atoms. The fourth-order valence-corrected chi connectivity index (χ4v) is 3.51. The predicted molar refractivity (Wildman–Crippen MR) is 94.3 cm³/mol. The number of aryl methyl sites for hydroxylation is 3. The molecule has 0 spiro atoms. The summed E-state index contributed by atoms with van der Waals surface area (Å²) >= 11 is 1.88. The molecule has 0 saturated heterocycles. The van der Waals surface area contributed by atoms with Crippen LogP contribution in [0.2, 0.25) is 0 Å². The summed E-state index contributed by atoms with van der Waals surface area (Å²) in [4.78, 5) is 1.51. The van der Waals surface area contributed by atoms with Crippen molar-refractivity contribution in [1.82, 2.24) is 5.32 Å². The van der Waals surface area contributed by atoms with Crippen LogP contribution in [0.5, 0.6) is 0 Å². The molecule has 2 aromatic rings. The summed E-state index contributed by atoms with van der Waals surface area (Å²) < 4.78 is 0. The minimum Gasteiger partial charge on any atom is -0.314 e. The number of nitrogens with one attached hydrogen (secondary N) is 1. The minimum absolute atomic E-state index is 0.595. The number of rotatable bonds is 8. The lowest BCUT2D eigenvalue weighted by Gasteiger charge is -2.18. The summed E-state index contributed by atoms with van der Waals surface area (Å²) in [6, 6.07) is 11.9. The van der Waals surface area contributed by atoms with Crippen LogP contribution in [0, 0.1) is 13.8 Å². The maximum Gasteiger partial charge on any atom is 0.0107 e. The number of thiophene rings is 1. The molecule has 1 aromatic carbocycles. The van der Waals surface area contributed by atoms with Gasteiger partial charge in [0.25, 0.3) is 0 Å². The van der Waals surface area contributed by atoms with E-state index in [0.29, 0.717) is 6.04 Å². The quantitative estimate of drug-likeness (QED) is 0.730. The normalized spacial score (nSPS) is 12.5. The van der Waals surface area contributed by atoms with E-state index in [2.05, 4.69) is 61.8 Å². The van der Waals surface area contributed by atoms with Crippen molar-refractivity contribution in [3.8, 4) is 0 Å². The average Bonchev–Trinajstić information content (AvgIpc) is 2.96. The van der Waals surface area contributed by atoms with Crippen LogP contribution in [0.15, 0.2) is 35.7 Å². The first kappa shape index (κ1) is 16.3. The number of hydrogen-bond acceptors (Lipinski definition) is 2. The Morgan fingerprint density at radius 3 is 2.67 bits per heavy atom. The van der Waals surface area contributed by atoms with Gasteiger partial charge in [0, 0.05) is 10.9 Å². The summed E-state index contributed by atoms with van der Waals surface area (Å²) in [7, 11) is 0. The maximum absolute atomic E-state index is 3.65. The molecular formula is C19H27NS. The molecule has 0 aliphatic heterocycles. The monoisotopic (exact) mass is 301 g/mol. The van der Waals surface area contributed by atoms with Gasteiger partial charge in [0.05, 0.1) is 0 Å². The van der Waals surface area contributed by atoms with E-state index in [9.17, 15) is 0 Å². The van der Waals surface area contributed by atoms with Gasteiger partial charge in [0.1, 0.15) is 0 Å². The van der Waals surface area contributed by atoms with E-state index >= 15 is 0 Å². The molecule has 0 aliphatic rings. The SMILES string of the molecule is CCNC(CCCc1cccs1)Cc1ccc(C)c(C)c1. The third-order valence-corrected chi connectivity index (χ3v) is 5.04. The van der Waals surface area contributed by atoms with Crippen molar-refractivity contribution in [3.63, 3.8) is 0 Å². The Bertz CT molecular complexity index is 531. The van der Waals surface area contributed by atoms with E-state index in [1.54, 1.807) is 0 Å². The zero-order valence-electron chi connectivity index (χ0n) is 13.5. The van der Waals surface area contributed by atoms with Crippen LogP contribution in [-0.2, 0) is 12.8 Å². The molecule has 0 saturated carbocycles. The first-order chi connectivity index (χ1) is 10.2. The topological polar surface area (TPSA) is 12.0 Å². The number of likely N-dealkylation sites (N-methyl/N-ethyl adjacent to an activating group) is 1. The lowest BCUT2D eigenvalue weighted by molar-refractivity contribution is 0.477. The van der Waals surface area contributed by atoms with Crippen LogP contribution in [0.4, 0.5) is 0 Å². The maximum atomic E-state index is 3.65. The first-order valence-corrected chi connectivity index (χ1v) is 8.89. The molecule has 1 N–H and O–H groups in total. The van der Waals surface area contributed by atoms with E-state index in [-0.39, 0.29) is 0 Å². The van der Waals surface area contributed by atoms with Gasteiger partial charge in [0.2, 0.25) is 0 Å². The summed E-state index contributed by atoms with van der Waals surface area (Å²) in [5.41, 5.74) is 4.25. The van der Waals surface area contributed by atoms with Crippen LogP contribution < -0.4 is 5.32 Å². The van der Waals surface area contributed by atoms with Gasteiger partial charge in [-0.05, 0) is 74.2 Å². The van der Waals surface area contributed by atoms with Crippen LogP contribution in [0.1, 0.15) is 41.3 Å². The molecule has 1 nitrogen and oxygen atoms in total. The molecule has 2 heteroatoms. The van der Waals surface area contributed by atoms with Gasteiger partial charge in [-0.3, -0.25) is 0 Å². The summed E-state index contributed by atoms with van der Waals surface area (Å²) in [5.74, 6) is 0. The molecule has 114 valence electrons. The first-order valence-electron chi connectivity index (χ1n) is 8.01. The molecule has 0 aliphatic carbocycles. The van der Waals surface area contributed by atoms with Crippen LogP contribution in [-0.4, -0.2) is 12.6 Å². The fourth-order valence-electron chi connectivity index (χ4n) is 2.76. The second-order valence-electron chi connectivity index (χ2n) is 5.85. The lowest BCUT2D eigenvalue weighted by atomic mass is 9.98. The lowest BCUT2D eigenvalue weighted by Crippen LogP contribution is -2.31. The van der Waals surface area contributed by atoms with Crippen molar-refractivity contribution in [2.24, 2.45) is 0 Å².